The number of carbonyl (C=O) groups is 1. The summed E-state index contributed by atoms with van der Waals surface area (Å²) >= 11 is 4.47. The molecule has 48 valence electrons. The monoisotopic (exact) mass is 205 g/mol. The number of nitrogens with zero attached hydrogens (tertiary/aromatic N) is 1. The van der Waals surface area contributed by atoms with E-state index in [2.05, 4.69) is 20.3 Å². The van der Waals surface area contributed by atoms with E-state index in [1.165, 1.54) is 18.5 Å². The number of ketones is 1. The van der Waals surface area contributed by atoms with Gasteiger partial charge in [-0.15, -0.1) is 0 Å². The molecule has 0 unspecified atom stereocenters. The van der Waals surface area contributed by atoms with Gasteiger partial charge in [0.25, 0.3) is 0 Å². The van der Waals surface area contributed by atoms with E-state index < -0.39 is 0 Å². The predicted octanol–water partition coefficient (Wildman–Crippen LogP) is 2.11. The van der Waals surface area contributed by atoms with Crippen LogP contribution in [-0.2, 0) is 0 Å². The zero-order valence-electron chi connectivity index (χ0n) is 4.72. The fourth-order valence-electron chi connectivity index (χ4n) is 0.457. The average molecular weight is 206 g/mol. The number of hydrogen-bond acceptors (Lipinski definition) is 3. The Labute approximate surface area is 65.2 Å². The van der Waals surface area contributed by atoms with Crippen molar-refractivity contribution in [1.82, 2.24) is 4.37 Å². The van der Waals surface area contributed by atoms with Crippen molar-refractivity contribution < 1.29 is 4.79 Å². The zero-order valence-corrected chi connectivity index (χ0v) is 7.12. The molecule has 2 nitrogen and oxygen atoms in total. The summed E-state index contributed by atoms with van der Waals surface area (Å²) in [6.07, 6.45) is 0. The van der Waals surface area contributed by atoms with Gasteiger partial charge in [-0.3, -0.25) is 4.79 Å². The lowest BCUT2D eigenvalue weighted by molar-refractivity contribution is 0.101. The molecular weight excluding hydrogens is 202 g/mol. The van der Waals surface area contributed by atoms with E-state index in [1.807, 2.05) is 0 Å². The van der Waals surface area contributed by atoms with Crippen LogP contribution in [0, 0.1) is 0 Å². The SMILES string of the molecule is CC(=O)c1nscc1Br. The molecule has 0 aliphatic rings. The van der Waals surface area contributed by atoms with Crippen LogP contribution in [0.4, 0.5) is 0 Å². The van der Waals surface area contributed by atoms with Gasteiger partial charge in [0.2, 0.25) is 0 Å². The van der Waals surface area contributed by atoms with Gasteiger partial charge in [0, 0.05) is 12.3 Å². The van der Waals surface area contributed by atoms with Gasteiger partial charge in [-0.25, -0.2) is 0 Å². The molecule has 1 rings (SSSR count). The molecule has 4 heteroatoms. The topological polar surface area (TPSA) is 30.0 Å². The maximum absolute atomic E-state index is 10.6. The largest absolute Gasteiger partial charge is 0.293 e. The third-order valence-corrected chi connectivity index (χ3v) is 2.40. The number of hydrogen-bond donors (Lipinski definition) is 0. The van der Waals surface area contributed by atoms with Crippen molar-refractivity contribution in [2.24, 2.45) is 0 Å². The van der Waals surface area contributed by atoms with Crippen molar-refractivity contribution in [3.63, 3.8) is 0 Å². The van der Waals surface area contributed by atoms with E-state index >= 15 is 0 Å². The molecule has 1 aromatic heterocycles. The Kier molecular flexibility index (Phi) is 1.97. The Balaban J connectivity index is 3.08. The highest BCUT2D eigenvalue weighted by Crippen LogP contribution is 2.17. The third-order valence-electron chi connectivity index (χ3n) is 0.860. The lowest BCUT2D eigenvalue weighted by atomic mass is 10.3. The van der Waals surface area contributed by atoms with E-state index in [1.54, 1.807) is 5.38 Å². The van der Waals surface area contributed by atoms with Crippen LogP contribution >= 0.6 is 27.5 Å². The Morgan fingerprint density at radius 1 is 1.89 bits per heavy atom. The van der Waals surface area contributed by atoms with Crippen LogP contribution in [-0.4, -0.2) is 10.2 Å². The number of carbonyl (C=O) groups excluding carboxylic acids is 1. The summed E-state index contributed by atoms with van der Waals surface area (Å²) in [7, 11) is 0. The Bertz CT molecular complexity index is 233. The molecule has 0 aliphatic carbocycles. The summed E-state index contributed by atoms with van der Waals surface area (Å²) in [6.45, 7) is 1.50. The van der Waals surface area contributed by atoms with Crippen LogP contribution in [0.5, 0.6) is 0 Å². The van der Waals surface area contributed by atoms with Crippen LogP contribution in [0.25, 0.3) is 0 Å². The Hall–Kier alpha value is -0.220. The number of Topliss-reactive ketones (excluding diaryl/α,β-unsaturated/α-hetero) is 1. The van der Waals surface area contributed by atoms with Gasteiger partial charge in [-0.1, -0.05) is 0 Å². The summed E-state index contributed by atoms with van der Waals surface area (Å²) < 4.78 is 4.65. The van der Waals surface area contributed by atoms with E-state index in [0.29, 0.717) is 5.69 Å². The molecule has 0 saturated carbocycles. The number of rotatable bonds is 1. The summed E-state index contributed by atoms with van der Waals surface area (Å²) in [5.41, 5.74) is 0.528. The van der Waals surface area contributed by atoms with Crippen molar-refractivity contribution >= 4 is 33.2 Å². The van der Waals surface area contributed by atoms with Gasteiger partial charge >= 0.3 is 0 Å². The minimum absolute atomic E-state index is 0.00289. The summed E-state index contributed by atoms with van der Waals surface area (Å²) in [6, 6.07) is 0. The van der Waals surface area contributed by atoms with E-state index in [9.17, 15) is 4.79 Å². The second kappa shape index (κ2) is 2.58. The summed E-state index contributed by atoms with van der Waals surface area (Å²) in [5.74, 6) is 0.00289. The molecule has 9 heavy (non-hydrogen) atoms. The maximum atomic E-state index is 10.6. The molecule has 0 fully saturated rings. The molecule has 0 saturated heterocycles. The molecule has 0 N–H and O–H groups in total. The van der Waals surface area contributed by atoms with Crippen LogP contribution in [0.3, 0.4) is 0 Å². The minimum atomic E-state index is 0.00289. The quantitative estimate of drug-likeness (QED) is 0.658. The average Bonchev–Trinajstić information content (AvgIpc) is 2.13. The number of halogens is 1. The summed E-state index contributed by atoms with van der Waals surface area (Å²) in [4.78, 5) is 10.6. The molecule has 1 heterocycles. The standard InChI is InChI=1S/C5H4BrNOS/c1-3(8)5-4(6)2-9-7-5/h2H,1H3. The van der Waals surface area contributed by atoms with Crippen LogP contribution in [0.2, 0.25) is 0 Å². The molecule has 0 atom stereocenters. The highest BCUT2D eigenvalue weighted by Gasteiger charge is 2.05. The van der Waals surface area contributed by atoms with Gasteiger partial charge in [0.05, 0.1) is 4.47 Å². The number of aromatic nitrogens is 1. The van der Waals surface area contributed by atoms with Crippen molar-refractivity contribution in [1.29, 1.82) is 0 Å². The fraction of sp³-hybridized carbons (Fsp3) is 0.200. The third kappa shape index (κ3) is 1.37. The lowest BCUT2D eigenvalue weighted by Gasteiger charge is -1.83. The molecule has 0 spiro atoms. The van der Waals surface area contributed by atoms with Crippen molar-refractivity contribution in [3.8, 4) is 0 Å². The molecule has 0 bridgehead atoms. The van der Waals surface area contributed by atoms with Gasteiger partial charge in [0.1, 0.15) is 5.69 Å². The second-order valence-electron chi connectivity index (χ2n) is 1.57. The second-order valence-corrected chi connectivity index (χ2v) is 3.05. The van der Waals surface area contributed by atoms with Gasteiger partial charge in [-0.05, 0) is 27.5 Å². The molecule has 0 radical (unpaired) electrons. The normalized spacial score (nSPS) is 9.56. The smallest absolute Gasteiger partial charge is 0.180 e. The molecule has 1 aromatic rings. The van der Waals surface area contributed by atoms with E-state index in [0.717, 1.165) is 4.47 Å². The van der Waals surface area contributed by atoms with E-state index in [-0.39, 0.29) is 5.78 Å². The van der Waals surface area contributed by atoms with Crippen LogP contribution < -0.4 is 0 Å². The molecule has 0 aliphatic heterocycles. The van der Waals surface area contributed by atoms with Crippen molar-refractivity contribution in [2.45, 2.75) is 6.92 Å². The summed E-state index contributed by atoms with van der Waals surface area (Å²) in [5, 5.41) is 1.79. The lowest BCUT2D eigenvalue weighted by Crippen LogP contribution is -1.91. The highest BCUT2D eigenvalue weighted by atomic mass is 79.9. The minimum Gasteiger partial charge on any atom is -0.293 e. The van der Waals surface area contributed by atoms with Gasteiger partial charge in [-0.2, -0.15) is 4.37 Å². The van der Waals surface area contributed by atoms with Crippen molar-refractivity contribution in [3.05, 3.63) is 15.5 Å². The van der Waals surface area contributed by atoms with Gasteiger partial charge < -0.3 is 0 Å². The van der Waals surface area contributed by atoms with Gasteiger partial charge in [0.15, 0.2) is 5.78 Å². The first-order chi connectivity index (χ1) is 4.22. The zero-order chi connectivity index (χ0) is 6.85. The van der Waals surface area contributed by atoms with Crippen molar-refractivity contribution in [2.75, 3.05) is 0 Å². The molecule has 0 aromatic carbocycles. The molecular formula is C5H4BrNOS. The predicted molar refractivity (Wildman–Crippen MR) is 39.8 cm³/mol. The first kappa shape index (κ1) is 6.89. The highest BCUT2D eigenvalue weighted by molar-refractivity contribution is 9.10. The first-order valence-electron chi connectivity index (χ1n) is 2.32. The molecule has 0 amide bonds. The Morgan fingerprint density at radius 3 is 2.78 bits per heavy atom. The fourth-order valence-corrected chi connectivity index (χ4v) is 1.78. The maximum Gasteiger partial charge on any atom is 0.180 e. The van der Waals surface area contributed by atoms with Crippen LogP contribution in [0.15, 0.2) is 9.85 Å². The van der Waals surface area contributed by atoms with Crippen LogP contribution in [0.1, 0.15) is 17.4 Å². The first-order valence-corrected chi connectivity index (χ1v) is 3.95. The Morgan fingerprint density at radius 2 is 2.56 bits per heavy atom. The van der Waals surface area contributed by atoms with E-state index in [4.69, 9.17) is 0 Å².